The van der Waals surface area contributed by atoms with Crippen molar-refractivity contribution in [2.45, 2.75) is 30.9 Å². The molecule has 1 aliphatic rings. The summed E-state index contributed by atoms with van der Waals surface area (Å²) in [6, 6.07) is 21.8. The highest BCUT2D eigenvalue weighted by Gasteiger charge is 2.49. The number of benzene rings is 2. The first-order valence-electron chi connectivity index (χ1n) is 12.4. The number of rotatable bonds is 4. The van der Waals surface area contributed by atoms with Gasteiger partial charge < -0.3 is 10.8 Å². The molecule has 0 bridgehead atoms. The Morgan fingerprint density at radius 2 is 1.50 bits per heavy atom. The lowest BCUT2D eigenvalue weighted by Crippen LogP contribution is -2.58. The summed E-state index contributed by atoms with van der Waals surface area (Å²) in [7, 11) is 0. The Kier molecular flexibility index (Phi) is 4.88. The van der Waals surface area contributed by atoms with E-state index in [0.717, 1.165) is 28.1 Å². The number of hydrogen-bond donors (Lipinski definition) is 2. The predicted molar refractivity (Wildman–Crippen MR) is 144 cm³/mol. The number of pyridine rings is 1. The standard InChI is InChI=1S/C29H24N8O/c1-28(38)16-29(30,17-28)20-10-8-19(9-11-20)22-23(18-6-3-2-4-7-18)34-24-21(33-22)12-15-37-26(24)35-36-27(37)25-31-13-5-14-32-25/h2-15,38H,16-17,30H2,1H3. The third kappa shape index (κ3) is 3.63. The SMILES string of the molecule is CC1(O)CC(N)(c2ccc(-c3nc4ccn5c(-c6ncccn6)nnc5c4nc3-c3ccccc3)cc2)C1. The fourth-order valence-corrected chi connectivity index (χ4v) is 5.51. The van der Waals surface area contributed by atoms with Crippen molar-refractivity contribution in [1.29, 1.82) is 0 Å². The molecule has 7 rings (SSSR count). The average molecular weight is 501 g/mol. The van der Waals surface area contributed by atoms with E-state index < -0.39 is 11.1 Å². The second kappa shape index (κ2) is 8.20. The van der Waals surface area contributed by atoms with Gasteiger partial charge in [-0.15, -0.1) is 10.2 Å². The number of aromatic nitrogens is 7. The Labute approximate surface area is 218 Å². The molecule has 9 nitrogen and oxygen atoms in total. The molecule has 186 valence electrons. The van der Waals surface area contributed by atoms with E-state index in [9.17, 15) is 5.11 Å². The third-order valence-electron chi connectivity index (χ3n) is 7.15. The Morgan fingerprint density at radius 1 is 0.816 bits per heavy atom. The lowest BCUT2D eigenvalue weighted by molar-refractivity contribution is -0.0738. The number of nitrogens with zero attached hydrogens (tertiary/aromatic N) is 7. The lowest BCUT2D eigenvalue weighted by atomic mass is 9.63. The first-order valence-corrected chi connectivity index (χ1v) is 12.4. The van der Waals surface area contributed by atoms with Crippen LogP contribution in [0.5, 0.6) is 0 Å². The fraction of sp³-hybridized carbons (Fsp3) is 0.172. The second-order valence-corrected chi connectivity index (χ2v) is 10.2. The molecule has 0 atom stereocenters. The van der Waals surface area contributed by atoms with Gasteiger partial charge in [0.1, 0.15) is 5.52 Å². The van der Waals surface area contributed by atoms with Crippen molar-refractivity contribution in [3.63, 3.8) is 0 Å². The highest BCUT2D eigenvalue weighted by molar-refractivity contribution is 5.93. The summed E-state index contributed by atoms with van der Waals surface area (Å²) < 4.78 is 1.84. The van der Waals surface area contributed by atoms with Crippen LogP contribution in [-0.2, 0) is 5.54 Å². The Hall–Kier alpha value is -4.60. The zero-order chi connectivity index (χ0) is 25.9. The molecule has 38 heavy (non-hydrogen) atoms. The number of aliphatic hydroxyl groups is 1. The van der Waals surface area contributed by atoms with Crippen LogP contribution in [0.25, 0.3) is 50.8 Å². The summed E-state index contributed by atoms with van der Waals surface area (Å²) in [6.07, 6.45) is 6.29. The van der Waals surface area contributed by atoms with Crippen LogP contribution in [0, 0.1) is 0 Å². The number of hydrogen-bond acceptors (Lipinski definition) is 8. The van der Waals surface area contributed by atoms with Crippen LogP contribution in [0.2, 0.25) is 0 Å². The lowest BCUT2D eigenvalue weighted by Gasteiger charge is -2.49. The summed E-state index contributed by atoms with van der Waals surface area (Å²) in [6.45, 7) is 1.82. The summed E-state index contributed by atoms with van der Waals surface area (Å²) in [4.78, 5) is 18.8. The Balaban J connectivity index is 1.39. The molecule has 0 radical (unpaired) electrons. The van der Waals surface area contributed by atoms with Gasteiger partial charge in [-0.3, -0.25) is 4.40 Å². The summed E-state index contributed by atoms with van der Waals surface area (Å²) in [5, 5.41) is 19.0. The van der Waals surface area contributed by atoms with E-state index in [0.29, 0.717) is 41.2 Å². The van der Waals surface area contributed by atoms with Gasteiger partial charge in [0.2, 0.25) is 5.82 Å². The van der Waals surface area contributed by atoms with E-state index in [-0.39, 0.29) is 0 Å². The maximum Gasteiger partial charge on any atom is 0.206 e. The van der Waals surface area contributed by atoms with Gasteiger partial charge in [0.05, 0.1) is 22.5 Å². The van der Waals surface area contributed by atoms with E-state index >= 15 is 0 Å². The van der Waals surface area contributed by atoms with Crippen molar-refractivity contribution in [2.24, 2.45) is 5.73 Å². The van der Waals surface area contributed by atoms with E-state index in [1.165, 1.54) is 0 Å². The van der Waals surface area contributed by atoms with Gasteiger partial charge in [-0.2, -0.15) is 0 Å². The van der Waals surface area contributed by atoms with Crippen molar-refractivity contribution in [3.8, 4) is 34.2 Å². The molecular weight excluding hydrogens is 476 g/mol. The third-order valence-corrected chi connectivity index (χ3v) is 7.15. The highest BCUT2D eigenvalue weighted by Crippen LogP contribution is 2.46. The minimum atomic E-state index is -0.711. The van der Waals surface area contributed by atoms with Crippen molar-refractivity contribution in [2.75, 3.05) is 0 Å². The maximum absolute atomic E-state index is 10.2. The summed E-state index contributed by atoms with van der Waals surface area (Å²) >= 11 is 0. The highest BCUT2D eigenvalue weighted by atomic mass is 16.3. The summed E-state index contributed by atoms with van der Waals surface area (Å²) in [5.74, 6) is 1.02. The second-order valence-electron chi connectivity index (χ2n) is 10.2. The molecule has 0 saturated heterocycles. The van der Waals surface area contributed by atoms with Crippen LogP contribution < -0.4 is 5.73 Å². The molecule has 1 fully saturated rings. The largest absolute Gasteiger partial charge is 0.390 e. The van der Waals surface area contributed by atoms with Gasteiger partial charge in [0, 0.05) is 35.3 Å². The minimum absolute atomic E-state index is 0.484. The van der Waals surface area contributed by atoms with Crippen LogP contribution in [0.15, 0.2) is 85.3 Å². The van der Waals surface area contributed by atoms with E-state index in [1.807, 2.05) is 78.2 Å². The molecule has 4 heterocycles. The molecule has 9 heteroatoms. The number of nitrogens with two attached hydrogens (primary N) is 1. The van der Waals surface area contributed by atoms with Crippen LogP contribution >= 0.6 is 0 Å². The molecule has 0 spiro atoms. The van der Waals surface area contributed by atoms with Crippen molar-refractivity contribution in [3.05, 3.63) is 90.9 Å². The van der Waals surface area contributed by atoms with Crippen LogP contribution in [0.3, 0.4) is 0 Å². The first kappa shape index (κ1) is 22.6. The minimum Gasteiger partial charge on any atom is -0.390 e. The molecule has 0 unspecified atom stereocenters. The molecule has 1 aliphatic carbocycles. The van der Waals surface area contributed by atoms with E-state index in [2.05, 4.69) is 20.2 Å². The smallest absolute Gasteiger partial charge is 0.206 e. The molecule has 4 aromatic heterocycles. The van der Waals surface area contributed by atoms with E-state index in [1.54, 1.807) is 18.5 Å². The van der Waals surface area contributed by atoms with Crippen LogP contribution in [-0.4, -0.2) is 45.2 Å². The van der Waals surface area contributed by atoms with Crippen LogP contribution in [0.1, 0.15) is 25.3 Å². The van der Waals surface area contributed by atoms with Gasteiger partial charge in [0.15, 0.2) is 11.5 Å². The Bertz CT molecular complexity index is 1790. The molecule has 1 saturated carbocycles. The molecule has 2 aromatic carbocycles. The molecular formula is C29H24N8O. The van der Waals surface area contributed by atoms with E-state index in [4.69, 9.17) is 15.7 Å². The van der Waals surface area contributed by atoms with Gasteiger partial charge in [-0.1, -0.05) is 54.6 Å². The van der Waals surface area contributed by atoms with Crippen molar-refractivity contribution < 1.29 is 5.11 Å². The molecule has 6 aromatic rings. The molecule has 0 amide bonds. The quantitative estimate of drug-likeness (QED) is 0.369. The normalized spacial score (nSPS) is 21.0. The number of fused-ring (bicyclic) bond motifs is 3. The fourth-order valence-electron chi connectivity index (χ4n) is 5.51. The maximum atomic E-state index is 10.2. The first-order chi connectivity index (χ1) is 18.4. The zero-order valence-electron chi connectivity index (χ0n) is 20.7. The Morgan fingerprint density at radius 3 is 2.21 bits per heavy atom. The topological polar surface area (TPSA) is 128 Å². The van der Waals surface area contributed by atoms with Gasteiger partial charge in [0.25, 0.3) is 0 Å². The van der Waals surface area contributed by atoms with Gasteiger partial charge in [-0.05, 0) is 37.5 Å². The van der Waals surface area contributed by atoms with Crippen molar-refractivity contribution in [1.82, 2.24) is 34.5 Å². The van der Waals surface area contributed by atoms with Crippen molar-refractivity contribution >= 4 is 16.7 Å². The summed E-state index contributed by atoms with van der Waals surface area (Å²) in [5.41, 5.74) is 11.6. The predicted octanol–water partition coefficient (Wildman–Crippen LogP) is 4.16. The molecule has 3 N–H and O–H groups in total. The van der Waals surface area contributed by atoms with Crippen LogP contribution in [0.4, 0.5) is 0 Å². The monoisotopic (exact) mass is 500 g/mol. The molecule has 0 aliphatic heterocycles. The zero-order valence-corrected chi connectivity index (χ0v) is 20.7. The average Bonchev–Trinajstić information content (AvgIpc) is 3.37. The van der Waals surface area contributed by atoms with Gasteiger partial charge in [-0.25, -0.2) is 19.9 Å². The van der Waals surface area contributed by atoms with Gasteiger partial charge >= 0.3 is 0 Å².